The highest BCUT2D eigenvalue weighted by Crippen LogP contribution is 2.47. The molecule has 2 aromatic heterocycles. The molecule has 4 heteroatoms. The van der Waals surface area contributed by atoms with Crippen molar-refractivity contribution in [3.05, 3.63) is 151 Å². The van der Waals surface area contributed by atoms with Crippen molar-refractivity contribution in [2.75, 3.05) is 0 Å². The minimum atomic E-state index is 0.903. The van der Waals surface area contributed by atoms with Gasteiger partial charge in [0.1, 0.15) is 11.2 Å². The van der Waals surface area contributed by atoms with Crippen molar-refractivity contribution in [3.63, 3.8) is 0 Å². The third kappa shape index (κ3) is 3.29. The third-order valence-corrected chi connectivity index (χ3v) is 10.4. The Morgan fingerprint density at radius 1 is 0.521 bits per heavy atom. The van der Waals surface area contributed by atoms with Crippen LogP contribution in [0.15, 0.2) is 150 Å². The van der Waals surface area contributed by atoms with Gasteiger partial charge in [-0.3, -0.25) is 0 Å². The maximum Gasteiger partial charge on any atom is 0.145 e. The van der Waals surface area contributed by atoms with Crippen molar-refractivity contribution in [1.29, 1.82) is 0 Å². The molecule has 7 aromatic carbocycles. The minimum absolute atomic E-state index is 0.903. The van der Waals surface area contributed by atoms with E-state index in [0.717, 1.165) is 61.7 Å². The van der Waals surface area contributed by atoms with Crippen LogP contribution >= 0.6 is 0 Å². The van der Waals surface area contributed by atoms with Gasteiger partial charge in [0.15, 0.2) is 0 Å². The van der Waals surface area contributed by atoms with Crippen LogP contribution < -0.4 is 0 Å². The number of fused-ring (bicyclic) bond motifs is 11. The predicted octanol–water partition coefficient (Wildman–Crippen LogP) is 11.7. The number of aryl methyl sites for hydroxylation is 1. The summed E-state index contributed by atoms with van der Waals surface area (Å²) in [7, 11) is 0. The van der Waals surface area contributed by atoms with Gasteiger partial charge >= 0.3 is 0 Å². The van der Waals surface area contributed by atoms with Crippen LogP contribution in [0.4, 0.5) is 0 Å². The number of furan rings is 1. The van der Waals surface area contributed by atoms with Crippen LogP contribution in [-0.4, -0.2) is 13.8 Å². The molecule has 0 unspecified atom stereocenters. The van der Waals surface area contributed by atoms with E-state index in [4.69, 9.17) is 4.42 Å². The smallest absolute Gasteiger partial charge is 0.145 e. The first-order valence-electron chi connectivity index (χ1n) is 16.7. The molecule has 4 heterocycles. The van der Waals surface area contributed by atoms with Crippen molar-refractivity contribution in [2.45, 2.75) is 13.3 Å². The summed E-state index contributed by atoms with van der Waals surface area (Å²) >= 11 is 0. The number of hydrogen-bond donors (Lipinski definition) is 0. The Balaban J connectivity index is 1.42. The van der Waals surface area contributed by atoms with Gasteiger partial charge in [-0.15, -0.1) is 0 Å². The van der Waals surface area contributed by atoms with E-state index in [0.29, 0.717) is 0 Å². The number of nitrogens with zero attached hydrogens (tertiary/aromatic N) is 3. The molecular weight excluding hydrogens is 587 g/mol. The summed E-state index contributed by atoms with van der Waals surface area (Å²) in [6.07, 6.45) is 0.952. The highest BCUT2D eigenvalue weighted by Gasteiger charge is 2.28. The highest BCUT2D eigenvalue weighted by atomic mass is 16.3. The van der Waals surface area contributed by atoms with E-state index in [9.17, 15) is 0 Å². The summed E-state index contributed by atoms with van der Waals surface area (Å²) in [5, 5.41) is 7.07. The van der Waals surface area contributed by atoms with E-state index >= 15 is 0 Å². The Bertz CT molecular complexity index is 3020. The Morgan fingerprint density at radius 3 is 2.10 bits per heavy atom. The average molecular weight is 616 g/mol. The Hall–Kier alpha value is -6.26. The largest absolute Gasteiger partial charge is 0.455 e. The molecule has 2 aliphatic rings. The second-order valence-electron chi connectivity index (χ2n) is 12.9. The summed E-state index contributed by atoms with van der Waals surface area (Å²) in [6, 6.07) is 52.9. The van der Waals surface area contributed by atoms with Crippen LogP contribution in [-0.2, 0) is 6.42 Å². The Morgan fingerprint density at radius 2 is 1.25 bits per heavy atom. The van der Waals surface area contributed by atoms with Crippen molar-refractivity contribution >= 4 is 71.1 Å². The molecule has 0 atom stereocenters. The van der Waals surface area contributed by atoms with Crippen LogP contribution in [0.2, 0.25) is 0 Å². The van der Waals surface area contributed by atoms with Gasteiger partial charge in [0.05, 0.1) is 38.7 Å². The monoisotopic (exact) mass is 615 g/mol. The molecular formula is C44H29N3O. The average Bonchev–Trinajstić information content (AvgIpc) is 3.69. The zero-order valence-corrected chi connectivity index (χ0v) is 26.3. The summed E-state index contributed by atoms with van der Waals surface area (Å²) < 4.78 is 14.2. The molecule has 0 fully saturated rings. The van der Waals surface area contributed by atoms with Crippen LogP contribution in [0.25, 0.3) is 93.6 Å². The fourth-order valence-corrected chi connectivity index (χ4v) is 8.19. The molecule has 0 radical (unpaired) electrons. The van der Waals surface area contributed by atoms with E-state index in [1.807, 2.05) is 0 Å². The lowest BCUT2D eigenvalue weighted by atomic mass is 10.00. The van der Waals surface area contributed by atoms with Crippen molar-refractivity contribution in [2.24, 2.45) is 0 Å². The highest BCUT2D eigenvalue weighted by molar-refractivity contribution is 6.27. The topological polar surface area (TPSA) is 27.4 Å². The molecule has 2 aliphatic heterocycles. The lowest BCUT2D eigenvalue weighted by Gasteiger charge is -2.27. The number of rotatable bonds is 3. The van der Waals surface area contributed by atoms with Gasteiger partial charge in [-0.05, 0) is 65.6 Å². The van der Waals surface area contributed by atoms with Gasteiger partial charge < -0.3 is 8.98 Å². The normalized spacial score (nSPS) is 12.4. The SMILES string of the molecule is CCc1ccc2c(c1)n1n3c4ccccc4c4cccc(c5c-1c(cc1c6ccccc6oc15)n2-c1ccc(-c2ccccc2)cc1)c43. The first-order valence-corrected chi connectivity index (χ1v) is 16.7. The zero-order valence-electron chi connectivity index (χ0n) is 26.3. The molecule has 0 N–H and O–H groups in total. The molecule has 4 nitrogen and oxygen atoms in total. The number of hydrogen-bond acceptors (Lipinski definition) is 1. The predicted molar refractivity (Wildman–Crippen MR) is 199 cm³/mol. The number of aromatic nitrogens is 3. The molecule has 0 bridgehead atoms. The van der Waals surface area contributed by atoms with Gasteiger partial charge in [-0.25, -0.2) is 9.20 Å². The summed E-state index contributed by atoms with van der Waals surface area (Å²) in [5.41, 5.74) is 13.6. The van der Waals surface area contributed by atoms with E-state index in [2.05, 4.69) is 166 Å². The van der Waals surface area contributed by atoms with Crippen LogP contribution in [0.5, 0.6) is 0 Å². The molecule has 0 aliphatic carbocycles. The van der Waals surface area contributed by atoms with E-state index in [1.165, 1.54) is 43.9 Å². The molecule has 0 saturated heterocycles. The van der Waals surface area contributed by atoms with Gasteiger partial charge in [0.25, 0.3) is 0 Å². The Kier molecular flexibility index (Phi) is 5.07. The van der Waals surface area contributed by atoms with Crippen molar-refractivity contribution in [3.8, 4) is 22.5 Å². The fourth-order valence-electron chi connectivity index (χ4n) is 8.19. The number of para-hydroxylation sites is 3. The maximum absolute atomic E-state index is 6.83. The standard InChI is InChI=1S/C44H29N3O/c1-2-27-19-24-37-38(25-27)47-43-39(45(37)30-22-20-29(21-23-30)28-11-4-3-5-12-28)26-35-32-14-7-9-18-40(32)48-44(35)41(43)34-16-10-15-33-31-13-6-8-17-36(31)46(47)42(33)34/h3-26H,2H2,1H3. The van der Waals surface area contributed by atoms with Crippen LogP contribution in [0, 0.1) is 0 Å². The van der Waals surface area contributed by atoms with E-state index in [1.54, 1.807) is 0 Å². The molecule has 0 saturated carbocycles. The van der Waals surface area contributed by atoms with Crippen molar-refractivity contribution in [1.82, 2.24) is 13.8 Å². The summed E-state index contributed by atoms with van der Waals surface area (Å²) in [4.78, 5) is 0. The first-order chi connectivity index (χ1) is 23.8. The second-order valence-corrected chi connectivity index (χ2v) is 12.9. The molecule has 0 spiro atoms. The van der Waals surface area contributed by atoms with Crippen molar-refractivity contribution < 1.29 is 4.42 Å². The lowest BCUT2D eigenvalue weighted by molar-refractivity contribution is 0.672. The van der Waals surface area contributed by atoms with Gasteiger partial charge in [-0.2, -0.15) is 0 Å². The fraction of sp³-hybridized carbons (Fsp3) is 0.0455. The van der Waals surface area contributed by atoms with E-state index < -0.39 is 0 Å². The summed E-state index contributed by atoms with van der Waals surface area (Å²) in [5.74, 6) is 0. The van der Waals surface area contributed by atoms with Gasteiger partial charge in [-0.1, -0.05) is 110 Å². The lowest BCUT2D eigenvalue weighted by Crippen LogP contribution is -2.17. The van der Waals surface area contributed by atoms with Crippen LogP contribution in [0.3, 0.4) is 0 Å². The zero-order chi connectivity index (χ0) is 31.5. The minimum Gasteiger partial charge on any atom is -0.455 e. The molecule has 11 rings (SSSR count). The van der Waals surface area contributed by atoms with Crippen LogP contribution in [0.1, 0.15) is 12.5 Å². The second kappa shape index (κ2) is 9.40. The number of benzene rings is 7. The maximum atomic E-state index is 6.83. The van der Waals surface area contributed by atoms with E-state index in [-0.39, 0.29) is 0 Å². The summed E-state index contributed by atoms with van der Waals surface area (Å²) in [6.45, 7) is 2.23. The third-order valence-electron chi connectivity index (χ3n) is 10.4. The quantitative estimate of drug-likeness (QED) is 0.143. The van der Waals surface area contributed by atoms with Gasteiger partial charge in [0.2, 0.25) is 0 Å². The van der Waals surface area contributed by atoms with Gasteiger partial charge in [0, 0.05) is 32.6 Å². The first kappa shape index (κ1) is 25.9. The molecule has 48 heavy (non-hydrogen) atoms. The molecule has 226 valence electrons. The Labute approximate surface area is 275 Å². The molecule has 0 amide bonds. The molecule has 9 aromatic rings.